The molecule has 3 aromatic rings. The number of nitrogens with zero attached hydrogens (tertiary/aromatic N) is 1. The summed E-state index contributed by atoms with van der Waals surface area (Å²) in [6, 6.07) is 7.61. The molecule has 0 radical (unpaired) electrons. The first kappa shape index (κ1) is 9.96. The molecule has 0 saturated carbocycles. The third kappa shape index (κ3) is 1.49. The zero-order valence-corrected chi connectivity index (χ0v) is 9.65. The van der Waals surface area contributed by atoms with Crippen molar-refractivity contribution in [1.82, 2.24) is 5.16 Å². The van der Waals surface area contributed by atoms with E-state index in [4.69, 9.17) is 14.7 Å². The molecule has 0 aliphatic rings. The topological polar surface area (TPSA) is 65.2 Å². The van der Waals surface area contributed by atoms with Crippen LogP contribution in [0, 0.1) is 13.8 Å². The smallest absolute Gasteiger partial charge is 0.169 e. The molecule has 1 aromatic carbocycles. The number of rotatable bonds is 1. The molecule has 0 fully saturated rings. The van der Waals surface area contributed by atoms with Crippen molar-refractivity contribution >= 4 is 16.8 Å². The molecule has 2 heterocycles. The molecule has 2 aromatic heterocycles. The quantitative estimate of drug-likeness (QED) is 0.694. The van der Waals surface area contributed by atoms with Crippen molar-refractivity contribution in [2.24, 2.45) is 0 Å². The van der Waals surface area contributed by atoms with Gasteiger partial charge in [0.1, 0.15) is 11.3 Å². The van der Waals surface area contributed by atoms with E-state index in [9.17, 15) is 0 Å². The third-order valence-corrected chi connectivity index (χ3v) is 2.99. The molecule has 0 aliphatic carbocycles. The molecule has 86 valence electrons. The Morgan fingerprint density at radius 3 is 2.71 bits per heavy atom. The van der Waals surface area contributed by atoms with E-state index in [0.29, 0.717) is 11.6 Å². The number of aromatic nitrogens is 1. The Kier molecular flexibility index (Phi) is 1.98. The monoisotopic (exact) mass is 228 g/mol. The summed E-state index contributed by atoms with van der Waals surface area (Å²) in [4.78, 5) is 0. The van der Waals surface area contributed by atoms with Gasteiger partial charge in [0.25, 0.3) is 0 Å². The predicted octanol–water partition coefficient (Wildman–Crippen LogP) is 3.29. The molecule has 0 spiro atoms. The number of anilines is 1. The molecule has 0 saturated heterocycles. The highest BCUT2D eigenvalue weighted by Gasteiger charge is 2.10. The summed E-state index contributed by atoms with van der Waals surface area (Å²) in [5.74, 6) is 2.00. The first-order valence-corrected chi connectivity index (χ1v) is 5.37. The summed E-state index contributed by atoms with van der Waals surface area (Å²) < 4.78 is 10.8. The van der Waals surface area contributed by atoms with Crippen LogP contribution in [0.15, 0.2) is 33.2 Å². The second-order valence-electron chi connectivity index (χ2n) is 4.11. The van der Waals surface area contributed by atoms with Crippen molar-refractivity contribution < 1.29 is 8.94 Å². The molecular formula is C13H12N2O2. The molecule has 2 N–H and O–H groups in total. The lowest BCUT2D eigenvalue weighted by atomic mass is 10.1. The molecule has 0 amide bonds. The Bertz CT molecular complexity index is 695. The van der Waals surface area contributed by atoms with Crippen LogP contribution < -0.4 is 5.73 Å². The van der Waals surface area contributed by atoms with Crippen LogP contribution in [0.5, 0.6) is 0 Å². The lowest BCUT2D eigenvalue weighted by Crippen LogP contribution is -1.80. The number of nitrogens with two attached hydrogens (primary N) is 1. The number of furan rings is 1. The Balaban J connectivity index is 2.22. The number of benzene rings is 1. The van der Waals surface area contributed by atoms with Crippen LogP contribution >= 0.6 is 0 Å². The average molecular weight is 228 g/mol. The van der Waals surface area contributed by atoms with E-state index >= 15 is 0 Å². The molecule has 3 rings (SSSR count). The summed E-state index contributed by atoms with van der Waals surface area (Å²) in [6.45, 7) is 4.00. The van der Waals surface area contributed by atoms with E-state index in [0.717, 1.165) is 27.9 Å². The van der Waals surface area contributed by atoms with Crippen LogP contribution in [0.3, 0.4) is 0 Å². The van der Waals surface area contributed by atoms with Crippen molar-refractivity contribution in [3.63, 3.8) is 0 Å². The van der Waals surface area contributed by atoms with Crippen LogP contribution in [0.2, 0.25) is 0 Å². The highest BCUT2D eigenvalue weighted by atomic mass is 16.5. The molecule has 4 heteroatoms. The van der Waals surface area contributed by atoms with E-state index in [2.05, 4.69) is 5.16 Å². The van der Waals surface area contributed by atoms with Crippen LogP contribution in [0.25, 0.3) is 22.3 Å². The fourth-order valence-corrected chi connectivity index (χ4v) is 1.92. The molecule has 4 nitrogen and oxygen atoms in total. The van der Waals surface area contributed by atoms with Crippen LogP contribution in [0.4, 0.5) is 5.82 Å². The van der Waals surface area contributed by atoms with Gasteiger partial charge in [-0.2, -0.15) is 0 Å². The van der Waals surface area contributed by atoms with Gasteiger partial charge in [0.2, 0.25) is 0 Å². The van der Waals surface area contributed by atoms with E-state index in [1.807, 2.05) is 32.0 Å². The van der Waals surface area contributed by atoms with E-state index < -0.39 is 0 Å². The number of hydrogen-bond donors (Lipinski definition) is 1. The van der Waals surface area contributed by atoms with Crippen molar-refractivity contribution in [3.05, 3.63) is 35.6 Å². The van der Waals surface area contributed by atoms with Crippen molar-refractivity contribution in [3.8, 4) is 11.3 Å². The molecule has 0 bridgehead atoms. The van der Waals surface area contributed by atoms with Gasteiger partial charge in [0, 0.05) is 17.0 Å². The normalized spacial score (nSPS) is 11.2. The standard InChI is InChI=1S/C13H12N2O2/c1-7-8(2)16-11-4-3-9(5-10(7)11)12-6-13(14)15-17-12/h3-6H,1-2H3,(H2,14,15). The SMILES string of the molecule is Cc1oc2ccc(-c3cc(N)no3)cc2c1C. The molecule has 0 unspecified atom stereocenters. The van der Waals surface area contributed by atoms with Crippen molar-refractivity contribution in [2.45, 2.75) is 13.8 Å². The molecule has 0 atom stereocenters. The first-order valence-electron chi connectivity index (χ1n) is 5.37. The molecule has 0 aliphatic heterocycles. The van der Waals surface area contributed by atoms with Crippen molar-refractivity contribution in [2.75, 3.05) is 5.73 Å². The van der Waals surface area contributed by atoms with Gasteiger partial charge in [-0.15, -0.1) is 0 Å². The lowest BCUT2D eigenvalue weighted by Gasteiger charge is -1.95. The lowest BCUT2D eigenvalue weighted by molar-refractivity contribution is 0.436. The fraction of sp³-hybridized carbons (Fsp3) is 0.154. The van der Waals surface area contributed by atoms with Crippen LogP contribution in [-0.4, -0.2) is 5.16 Å². The summed E-state index contributed by atoms with van der Waals surface area (Å²) in [5, 5.41) is 4.77. The first-order chi connectivity index (χ1) is 8.15. The third-order valence-electron chi connectivity index (χ3n) is 2.99. The number of nitrogen functional groups attached to an aromatic ring is 1. The minimum Gasteiger partial charge on any atom is -0.461 e. The summed E-state index contributed by atoms with van der Waals surface area (Å²) in [5.41, 5.74) is 8.52. The van der Waals surface area contributed by atoms with Gasteiger partial charge >= 0.3 is 0 Å². The predicted molar refractivity (Wildman–Crippen MR) is 65.6 cm³/mol. The fourth-order valence-electron chi connectivity index (χ4n) is 1.92. The minimum atomic E-state index is 0.389. The van der Waals surface area contributed by atoms with E-state index in [1.54, 1.807) is 6.07 Å². The van der Waals surface area contributed by atoms with Gasteiger partial charge in [0.15, 0.2) is 11.6 Å². The maximum absolute atomic E-state index is 5.62. The summed E-state index contributed by atoms with van der Waals surface area (Å²) >= 11 is 0. The highest BCUT2D eigenvalue weighted by Crippen LogP contribution is 2.30. The number of fused-ring (bicyclic) bond motifs is 1. The largest absolute Gasteiger partial charge is 0.461 e. The Morgan fingerprint density at radius 2 is 2.00 bits per heavy atom. The van der Waals surface area contributed by atoms with Gasteiger partial charge in [0.05, 0.1) is 0 Å². The average Bonchev–Trinajstić information content (AvgIpc) is 2.85. The van der Waals surface area contributed by atoms with Gasteiger partial charge in [-0.3, -0.25) is 0 Å². The van der Waals surface area contributed by atoms with Gasteiger partial charge in [-0.1, -0.05) is 5.16 Å². The summed E-state index contributed by atoms with van der Waals surface area (Å²) in [6.07, 6.45) is 0. The number of hydrogen-bond acceptors (Lipinski definition) is 4. The van der Waals surface area contributed by atoms with Gasteiger partial charge in [-0.25, -0.2) is 0 Å². The maximum Gasteiger partial charge on any atom is 0.169 e. The van der Waals surface area contributed by atoms with Crippen LogP contribution in [0.1, 0.15) is 11.3 Å². The van der Waals surface area contributed by atoms with Crippen LogP contribution in [-0.2, 0) is 0 Å². The zero-order chi connectivity index (χ0) is 12.0. The number of aryl methyl sites for hydroxylation is 2. The second kappa shape index (κ2) is 3.38. The highest BCUT2D eigenvalue weighted by molar-refractivity contribution is 5.86. The molecule has 17 heavy (non-hydrogen) atoms. The van der Waals surface area contributed by atoms with E-state index in [1.165, 1.54) is 0 Å². The zero-order valence-electron chi connectivity index (χ0n) is 9.65. The molecular weight excluding hydrogens is 216 g/mol. The maximum atomic E-state index is 5.62. The second-order valence-corrected chi connectivity index (χ2v) is 4.11. The Labute approximate surface area is 98.0 Å². The van der Waals surface area contributed by atoms with Gasteiger partial charge < -0.3 is 14.7 Å². The van der Waals surface area contributed by atoms with Gasteiger partial charge in [-0.05, 0) is 37.6 Å². The Hall–Kier alpha value is -2.23. The minimum absolute atomic E-state index is 0.389. The summed E-state index contributed by atoms with van der Waals surface area (Å²) in [7, 11) is 0. The van der Waals surface area contributed by atoms with E-state index in [-0.39, 0.29) is 0 Å². The Morgan fingerprint density at radius 1 is 1.18 bits per heavy atom. The van der Waals surface area contributed by atoms with Crippen molar-refractivity contribution in [1.29, 1.82) is 0 Å².